The zero-order valence-corrected chi connectivity index (χ0v) is 75.2. The Morgan fingerprint density at radius 3 is 0.898 bits per heavy atom. The molecule has 3 rings (SSSR count). The maximum Gasteiger partial charge on any atom is 0.220 e. The van der Waals surface area contributed by atoms with E-state index in [-0.39, 0.29) is 18.9 Å². The Morgan fingerprint density at radius 1 is 0.305 bits per heavy atom. The number of nitrogens with one attached hydrogen (secondary N) is 1. The quantitative estimate of drug-likeness (QED) is 0.0199. The van der Waals surface area contributed by atoms with Gasteiger partial charge in [-0.1, -0.05) is 408 Å². The van der Waals surface area contributed by atoms with Gasteiger partial charge in [-0.05, 0) is 77.0 Å². The smallest absolute Gasteiger partial charge is 0.220 e. The third-order valence-electron chi connectivity index (χ3n) is 24.5. The van der Waals surface area contributed by atoms with Crippen LogP contribution in [0.4, 0.5) is 0 Å². The number of aliphatic hydroxyl groups is 11. The van der Waals surface area contributed by atoms with E-state index in [2.05, 4.69) is 67.8 Å². The summed E-state index contributed by atoms with van der Waals surface area (Å²) in [5, 5.41) is 121. The van der Waals surface area contributed by atoms with E-state index >= 15 is 0 Å². The van der Waals surface area contributed by atoms with Crippen molar-refractivity contribution in [1.82, 2.24) is 5.32 Å². The van der Waals surface area contributed by atoms with Crippen molar-refractivity contribution in [3.63, 3.8) is 0 Å². The lowest BCUT2D eigenvalue weighted by atomic mass is 9.96. The fourth-order valence-electron chi connectivity index (χ4n) is 16.7. The van der Waals surface area contributed by atoms with Gasteiger partial charge in [-0.15, -0.1) is 0 Å². The molecule has 0 bridgehead atoms. The molecule has 0 aliphatic carbocycles. The van der Waals surface area contributed by atoms with Crippen LogP contribution in [0.25, 0.3) is 0 Å². The highest BCUT2D eigenvalue weighted by molar-refractivity contribution is 5.76. The molecule has 19 nitrogen and oxygen atoms in total. The number of ether oxygens (including phenoxy) is 6. The van der Waals surface area contributed by atoms with Crippen molar-refractivity contribution in [2.24, 2.45) is 0 Å². The van der Waals surface area contributed by atoms with E-state index in [0.717, 1.165) is 51.4 Å². The fourth-order valence-corrected chi connectivity index (χ4v) is 16.7. The second-order valence-electron chi connectivity index (χ2n) is 35.2. The van der Waals surface area contributed by atoms with E-state index in [1.54, 1.807) is 6.08 Å². The van der Waals surface area contributed by atoms with E-state index in [9.17, 15) is 61.0 Å². The lowest BCUT2D eigenvalue weighted by Gasteiger charge is -2.48. The van der Waals surface area contributed by atoms with E-state index in [1.165, 1.54) is 347 Å². The molecular formula is C99H183NO18. The van der Waals surface area contributed by atoms with Gasteiger partial charge in [0.15, 0.2) is 18.9 Å². The highest BCUT2D eigenvalue weighted by atomic mass is 16.8. The van der Waals surface area contributed by atoms with Crippen LogP contribution in [0.1, 0.15) is 431 Å². The summed E-state index contributed by atoms with van der Waals surface area (Å²) in [6.07, 6.45) is 78.5. The molecule has 3 heterocycles. The number of amides is 1. The lowest BCUT2D eigenvalue weighted by Crippen LogP contribution is -2.66. The van der Waals surface area contributed by atoms with E-state index in [0.29, 0.717) is 12.8 Å². The third kappa shape index (κ3) is 55.1. The fraction of sp³-hybridized carbons (Fsp3) is 0.889. The number of allylic oxidation sites excluding steroid dienone is 9. The van der Waals surface area contributed by atoms with Crippen LogP contribution in [0.2, 0.25) is 0 Å². The van der Waals surface area contributed by atoms with Gasteiger partial charge < -0.3 is 89.9 Å². The first-order valence-corrected chi connectivity index (χ1v) is 49.5. The predicted molar refractivity (Wildman–Crippen MR) is 480 cm³/mol. The van der Waals surface area contributed by atoms with Gasteiger partial charge in [0.1, 0.15) is 73.2 Å². The van der Waals surface area contributed by atoms with E-state index < -0.39 is 124 Å². The molecule has 1 amide bonds. The molecule has 0 aromatic rings. The van der Waals surface area contributed by atoms with Crippen molar-refractivity contribution in [2.75, 3.05) is 26.4 Å². The lowest BCUT2D eigenvalue weighted by molar-refractivity contribution is -0.379. The average Bonchev–Trinajstić information content (AvgIpc) is 0.777. The molecule has 0 aromatic heterocycles. The average molecular weight is 1680 g/mol. The van der Waals surface area contributed by atoms with Crippen molar-refractivity contribution < 1.29 is 89.4 Å². The number of rotatable bonds is 82. The van der Waals surface area contributed by atoms with Gasteiger partial charge in [0.2, 0.25) is 5.91 Å². The molecule has 17 atom stereocenters. The van der Waals surface area contributed by atoms with Crippen LogP contribution in [0, 0.1) is 0 Å². The van der Waals surface area contributed by atoms with Gasteiger partial charge >= 0.3 is 0 Å². The second kappa shape index (κ2) is 78.0. The Kier molecular flexibility index (Phi) is 72.5. The third-order valence-corrected chi connectivity index (χ3v) is 24.5. The summed E-state index contributed by atoms with van der Waals surface area (Å²) in [4.78, 5) is 13.5. The minimum Gasteiger partial charge on any atom is -0.394 e. The predicted octanol–water partition coefficient (Wildman–Crippen LogP) is 20.5. The Hall–Kier alpha value is -2.51. The maximum absolute atomic E-state index is 13.5. The topological polar surface area (TPSA) is 307 Å². The summed E-state index contributed by atoms with van der Waals surface area (Å²) in [6.45, 7) is 1.77. The van der Waals surface area contributed by atoms with Crippen molar-refractivity contribution in [3.8, 4) is 0 Å². The van der Waals surface area contributed by atoms with Crippen LogP contribution >= 0.6 is 0 Å². The first-order valence-electron chi connectivity index (χ1n) is 49.5. The van der Waals surface area contributed by atoms with Gasteiger partial charge in [-0.3, -0.25) is 4.79 Å². The number of unbranched alkanes of at least 4 members (excludes halogenated alkanes) is 58. The normalized spacial score (nSPS) is 24.5. The molecule has 17 unspecified atom stereocenters. The number of hydrogen-bond acceptors (Lipinski definition) is 18. The molecule has 3 fully saturated rings. The minimum absolute atomic E-state index is 0.235. The largest absolute Gasteiger partial charge is 0.394 e. The molecule has 118 heavy (non-hydrogen) atoms. The maximum atomic E-state index is 13.5. The SMILES string of the molecule is CCCCCCC/C=C\C/C=C\CCCCCCCCCCCCCCCCCCCCCCCCCCCCCCCC(=O)NC(COC1OC(CO)C(OC2OC(CO)C(OC3OC(CO)C(O)C(O)C3O)C(O)C2O)C(O)C1O)C(O)/C=C/CC/C=C/CC/C=C/CCCCCCCCCCCCCCCCCCCCCCCC. The Labute approximate surface area is 719 Å². The standard InChI is InChI=1S/C99H183NO18/c1-3-5-7-9-11-13-15-17-19-21-23-25-27-29-31-33-35-37-38-39-40-41-42-43-44-45-47-49-51-53-55-57-59-61-63-65-67-69-71-73-75-77-87(105)100-82(83(104)76-74-72-70-68-66-64-62-60-58-56-54-52-50-48-46-36-34-32-30-28-26-24-22-20-18-16-14-12-10-8-6-4-2)81-113-97-93(111)90(108)95(85(79-102)115-97)118-99-94(112)91(109)96(86(80-103)116-99)117-98-92(110)89(107)88(106)84(78-101)114-98/h15,17,21,23,58,60,66,68,74,76,82-86,88-99,101-104,106-112H,3-14,16,18-20,22,24-57,59,61-65,67,69-73,75,77-81H2,1-2H3,(H,100,105)/b17-15-,23-21-,60-58+,68-66+,76-74+. The molecule has 12 N–H and O–H groups in total. The van der Waals surface area contributed by atoms with Crippen LogP contribution in [-0.2, 0) is 33.2 Å². The van der Waals surface area contributed by atoms with Gasteiger partial charge in [0.25, 0.3) is 0 Å². The first-order chi connectivity index (χ1) is 57.8. The van der Waals surface area contributed by atoms with Crippen LogP contribution in [-0.4, -0.2) is 193 Å². The van der Waals surface area contributed by atoms with Crippen LogP contribution < -0.4 is 5.32 Å². The summed E-state index contributed by atoms with van der Waals surface area (Å²) in [5.41, 5.74) is 0. The summed E-state index contributed by atoms with van der Waals surface area (Å²) < 4.78 is 34.5. The van der Waals surface area contributed by atoms with Crippen molar-refractivity contribution in [3.05, 3.63) is 60.8 Å². The molecule has 0 spiro atoms. The van der Waals surface area contributed by atoms with Gasteiger partial charge in [-0.2, -0.15) is 0 Å². The second-order valence-corrected chi connectivity index (χ2v) is 35.2. The van der Waals surface area contributed by atoms with Crippen LogP contribution in [0.3, 0.4) is 0 Å². The molecule has 0 aromatic carbocycles. The highest BCUT2D eigenvalue weighted by Crippen LogP contribution is 2.34. The minimum atomic E-state index is -1.98. The van der Waals surface area contributed by atoms with Gasteiger partial charge in [-0.25, -0.2) is 0 Å². The van der Waals surface area contributed by atoms with Crippen LogP contribution in [0.5, 0.6) is 0 Å². The summed E-state index contributed by atoms with van der Waals surface area (Å²) in [5.74, 6) is -0.281. The van der Waals surface area contributed by atoms with E-state index in [1.807, 2.05) is 6.08 Å². The van der Waals surface area contributed by atoms with Gasteiger partial charge in [0, 0.05) is 6.42 Å². The number of carbonyl (C=O) groups is 1. The number of carbonyl (C=O) groups excluding carboxylic acids is 1. The van der Waals surface area contributed by atoms with Gasteiger partial charge in [0.05, 0.1) is 38.6 Å². The zero-order chi connectivity index (χ0) is 85.2. The monoisotopic (exact) mass is 1670 g/mol. The zero-order valence-electron chi connectivity index (χ0n) is 75.2. The molecule has 0 saturated carbocycles. The highest BCUT2D eigenvalue weighted by Gasteiger charge is 2.54. The Balaban J connectivity index is 1.29. The summed E-state index contributed by atoms with van der Waals surface area (Å²) >= 11 is 0. The molecule has 3 aliphatic heterocycles. The molecular weight excluding hydrogens is 1490 g/mol. The van der Waals surface area contributed by atoms with E-state index in [4.69, 9.17) is 28.4 Å². The summed E-state index contributed by atoms with van der Waals surface area (Å²) in [6, 6.07) is -0.999. The molecule has 3 saturated heterocycles. The molecule has 19 heteroatoms. The first kappa shape index (κ1) is 110. The molecule has 0 radical (unpaired) electrons. The number of aliphatic hydroxyl groups excluding tert-OH is 11. The number of hydrogen-bond donors (Lipinski definition) is 12. The summed E-state index contributed by atoms with van der Waals surface area (Å²) in [7, 11) is 0. The molecule has 692 valence electrons. The van der Waals surface area contributed by atoms with Crippen molar-refractivity contribution in [2.45, 2.75) is 535 Å². The van der Waals surface area contributed by atoms with Crippen molar-refractivity contribution >= 4 is 5.91 Å². The Morgan fingerprint density at radius 2 is 0.568 bits per heavy atom. The molecule has 3 aliphatic rings. The van der Waals surface area contributed by atoms with Crippen LogP contribution in [0.15, 0.2) is 60.8 Å². The van der Waals surface area contributed by atoms with Crippen molar-refractivity contribution in [1.29, 1.82) is 0 Å². The Bertz CT molecular complexity index is 2360.